The average molecular weight is 308 g/mol. The van der Waals surface area contributed by atoms with Gasteiger partial charge in [-0.3, -0.25) is 0 Å². The summed E-state index contributed by atoms with van der Waals surface area (Å²) in [5.74, 6) is 0.550. The zero-order valence-corrected chi connectivity index (χ0v) is 12.7. The molecular weight excluding hydrogens is 289 g/mol. The van der Waals surface area contributed by atoms with Crippen LogP contribution in [0.3, 0.4) is 0 Å². The summed E-state index contributed by atoms with van der Waals surface area (Å²) in [5.41, 5.74) is 7.90. The molecule has 0 aliphatic heterocycles. The molecule has 4 heteroatoms. The zero-order valence-electron chi connectivity index (χ0n) is 12.0. The van der Waals surface area contributed by atoms with Crippen molar-refractivity contribution < 1.29 is 9.13 Å². The standard InChI is InChI=1S/C17H19ClFNO/c1-21-16-8-3-12(4-9-16)2-7-15(20)10-13-5-6-14(18)11-17(13)19/h3-6,8-9,11,15H,2,7,10,20H2,1H3. The van der Waals surface area contributed by atoms with E-state index in [0.717, 1.165) is 18.6 Å². The van der Waals surface area contributed by atoms with Gasteiger partial charge in [-0.05, 0) is 54.7 Å². The van der Waals surface area contributed by atoms with E-state index in [1.54, 1.807) is 19.2 Å². The summed E-state index contributed by atoms with van der Waals surface area (Å²) >= 11 is 5.74. The van der Waals surface area contributed by atoms with E-state index in [0.29, 0.717) is 17.0 Å². The van der Waals surface area contributed by atoms with Crippen LogP contribution in [0.2, 0.25) is 5.02 Å². The molecule has 0 aromatic heterocycles. The lowest BCUT2D eigenvalue weighted by atomic mass is 9.99. The van der Waals surface area contributed by atoms with Crippen molar-refractivity contribution in [3.63, 3.8) is 0 Å². The average Bonchev–Trinajstić information content (AvgIpc) is 2.48. The fraction of sp³-hybridized carbons (Fsp3) is 0.294. The Balaban J connectivity index is 1.87. The van der Waals surface area contributed by atoms with E-state index in [4.69, 9.17) is 22.1 Å². The minimum Gasteiger partial charge on any atom is -0.497 e. The van der Waals surface area contributed by atoms with E-state index >= 15 is 0 Å². The van der Waals surface area contributed by atoms with Gasteiger partial charge in [0, 0.05) is 11.1 Å². The molecular formula is C17H19ClFNO. The Morgan fingerprint density at radius 3 is 2.52 bits per heavy atom. The topological polar surface area (TPSA) is 35.2 Å². The van der Waals surface area contributed by atoms with Gasteiger partial charge in [0.05, 0.1) is 7.11 Å². The number of hydrogen-bond acceptors (Lipinski definition) is 2. The van der Waals surface area contributed by atoms with Crippen LogP contribution in [-0.4, -0.2) is 13.2 Å². The minimum absolute atomic E-state index is 0.0808. The fourth-order valence-electron chi connectivity index (χ4n) is 2.22. The molecule has 2 aromatic rings. The van der Waals surface area contributed by atoms with Gasteiger partial charge in [0.25, 0.3) is 0 Å². The summed E-state index contributed by atoms with van der Waals surface area (Å²) < 4.78 is 18.8. The Morgan fingerprint density at radius 2 is 1.90 bits per heavy atom. The van der Waals surface area contributed by atoms with E-state index in [2.05, 4.69) is 0 Å². The highest BCUT2D eigenvalue weighted by molar-refractivity contribution is 6.30. The van der Waals surface area contributed by atoms with Crippen molar-refractivity contribution in [3.8, 4) is 5.75 Å². The number of hydrogen-bond donors (Lipinski definition) is 1. The van der Waals surface area contributed by atoms with Gasteiger partial charge < -0.3 is 10.5 Å². The lowest BCUT2D eigenvalue weighted by molar-refractivity contribution is 0.414. The van der Waals surface area contributed by atoms with Crippen molar-refractivity contribution >= 4 is 11.6 Å². The third kappa shape index (κ3) is 4.73. The van der Waals surface area contributed by atoms with Crippen molar-refractivity contribution in [2.45, 2.75) is 25.3 Å². The van der Waals surface area contributed by atoms with Gasteiger partial charge in [0.2, 0.25) is 0 Å². The van der Waals surface area contributed by atoms with E-state index in [9.17, 15) is 4.39 Å². The summed E-state index contributed by atoms with van der Waals surface area (Å²) in [5, 5.41) is 0.406. The maximum absolute atomic E-state index is 13.7. The highest BCUT2D eigenvalue weighted by Gasteiger charge is 2.09. The minimum atomic E-state index is -0.289. The molecule has 0 bridgehead atoms. The monoisotopic (exact) mass is 307 g/mol. The largest absolute Gasteiger partial charge is 0.497 e. The van der Waals surface area contributed by atoms with Crippen LogP contribution < -0.4 is 10.5 Å². The number of rotatable bonds is 6. The van der Waals surface area contributed by atoms with E-state index < -0.39 is 0 Å². The molecule has 0 amide bonds. The Kier molecular flexibility index (Phi) is 5.59. The molecule has 0 aliphatic carbocycles. The lowest BCUT2D eigenvalue weighted by Crippen LogP contribution is -2.24. The molecule has 0 heterocycles. The molecule has 0 spiro atoms. The normalized spacial score (nSPS) is 12.2. The van der Waals surface area contributed by atoms with Gasteiger partial charge in [-0.15, -0.1) is 0 Å². The second kappa shape index (κ2) is 7.43. The molecule has 112 valence electrons. The van der Waals surface area contributed by atoms with E-state index in [1.807, 2.05) is 24.3 Å². The van der Waals surface area contributed by atoms with Crippen LogP contribution in [0.1, 0.15) is 17.5 Å². The summed E-state index contributed by atoms with van der Waals surface area (Å²) in [7, 11) is 1.64. The SMILES string of the molecule is COc1ccc(CCC(N)Cc2ccc(Cl)cc2F)cc1. The van der Waals surface area contributed by atoms with Crippen LogP contribution in [0.5, 0.6) is 5.75 Å². The van der Waals surface area contributed by atoms with Crippen molar-refractivity contribution in [1.82, 2.24) is 0 Å². The first kappa shape index (κ1) is 15.8. The lowest BCUT2D eigenvalue weighted by Gasteiger charge is -2.12. The summed E-state index contributed by atoms with van der Waals surface area (Å²) in [6, 6.07) is 12.5. The van der Waals surface area contributed by atoms with Gasteiger partial charge in [-0.2, -0.15) is 0 Å². The van der Waals surface area contributed by atoms with Crippen molar-refractivity contribution in [2.75, 3.05) is 7.11 Å². The molecule has 0 saturated heterocycles. The fourth-order valence-corrected chi connectivity index (χ4v) is 2.37. The molecule has 21 heavy (non-hydrogen) atoms. The number of methoxy groups -OCH3 is 1. The van der Waals surface area contributed by atoms with Crippen LogP contribution in [0.4, 0.5) is 4.39 Å². The molecule has 0 saturated carbocycles. The van der Waals surface area contributed by atoms with Crippen LogP contribution in [-0.2, 0) is 12.8 Å². The molecule has 0 fully saturated rings. The molecule has 2 rings (SSSR count). The van der Waals surface area contributed by atoms with Crippen LogP contribution >= 0.6 is 11.6 Å². The molecule has 0 radical (unpaired) electrons. The highest BCUT2D eigenvalue weighted by Crippen LogP contribution is 2.17. The number of aryl methyl sites for hydroxylation is 1. The van der Waals surface area contributed by atoms with Crippen molar-refractivity contribution in [1.29, 1.82) is 0 Å². The Labute approximate surface area is 129 Å². The Hall–Kier alpha value is -1.58. The number of benzene rings is 2. The first-order valence-electron chi connectivity index (χ1n) is 6.91. The Bertz CT molecular complexity index is 586. The number of nitrogens with two attached hydrogens (primary N) is 1. The van der Waals surface area contributed by atoms with Crippen LogP contribution in [0.15, 0.2) is 42.5 Å². The van der Waals surface area contributed by atoms with Gasteiger partial charge in [0.1, 0.15) is 11.6 Å². The predicted octanol–water partition coefficient (Wildman–Crippen LogP) is 3.99. The molecule has 2 aromatic carbocycles. The van der Waals surface area contributed by atoms with Crippen molar-refractivity contribution in [3.05, 3.63) is 64.4 Å². The third-order valence-electron chi connectivity index (χ3n) is 3.46. The molecule has 2 nitrogen and oxygen atoms in total. The van der Waals surface area contributed by atoms with E-state index in [-0.39, 0.29) is 11.9 Å². The third-order valence-corrected chi connectivity index (χ3v) is 3.70. The molecule has 2 N–H and O–H groups in total. The Morgan fingerprint density at radius 1 is 1.19 bits per heavy atom. The summed E-state index contributed by atoms with van der Waals surface area (Å²) in [6.07, 6.45) is 2.17. The maximum atomic E-state index is 13.7. The second-order valence-electron chi connectivity index (χ2n) is 5.09. The van der Waals surface area contributed by atoms with E-state index in [1.165, 1.54) is 11.6 Å². The molecule has 0 aliphatic rings. The van der Waals surface area contributed by atoms with Crippen molar-refractivity contribution in [2.24, 2.45) is 5.73 Å². The first-order valence-corrected chi connectivity index (χ1v) is 7.28. The van der Waals surface area contributed by atoms with Gasteiger partial charge in [-0.25, -0.2) is 4.39 Å². The molecule has 1 atom stereocenters. The highest BCUT2D eigenvalue weighted by atomic mass is 35.5. The predicted molar refractivity (Wildman–Crippen MR) is 84.4 cm³/mol. The molecule has 1 unspecified atom stereocenters. The second-order valence-corrected chi connectivity index (χ2v) is 5.52. The first-order chi connectivity index (χ1) is 10.1. The number of halogens is 2. The quantitative estimate of drug-likeness (QED) is 0.876. The number of ether oxygens (including phenoxy) is 1. The summed E-state index contributed by atoms with van der Waals surface area (Å²) in [6.45, 7) is 0. The summed E-state index contributed by atoms with van der Waals surface area (Å²) in [4.78, 5) is 0. The zero-order chi connectivity index (χ0) is 15.2. The van der Waals surface area contributed by atoms with Gasteiger partial charge in [-0.1, -0.05) is 29.8 Å². The van der Waals surface area contributed by atoms with Gasteiger partial charge in [0.15, 0.2) is 0 Å². The van der Waals surface area contributed by atoms with Crippen LogP contribution in [0, 0.1) is 5.82 Å². The smallest absolute Gasteiger partial charge is 0.127 e. The van der Waals surface area contributed by atoms with Gasteiger partial charge >= 0.3 is 0 Å². The maximum Gasteiger partial charge on any atom is 0.127 e. The van der Waals surface area contributed by atoms with Crippen LogP contribution in [0.25, 0.3) is 0 Å².